The molecule has 1 aliphatic carbocycles. The number of hydrogen-bond donors (Lipinski definition) is 1. The summed E-state index contributed by atoms with van der Waals surface area (Å²) in [6.07, 6.45) is 6.75. The van der Waals surface area contributed by atoms with E-state index in [0.717, 1.165) is 18.1 Å². The Balaban J connectivity index is 1.86. The van der Waals surface area contributed by atoms with Crippen molar-refractivity contribution in [3.8, 4) is 0 Å². The van der Waals surface area contributed by atoms with Gasteiger partial charge in [0.25, 0.3) is 0 Å². The molecule has 1 aliphatic rings. The van der Waals surface area contributed by atoms with E-state index in [2.05, 4.69) is 0 Å². The lowest BCUT2D eigenvalue weighted by Crippen LogP contribution is -1.99. The highest BCUT2D eigenvalue weighted by atomic mass is 32.2. The molecule has 1 rings (SSSR count). The summed E-state index contributed by atoms with van der Waals surface area (Å²) in [5.41, 5.74) is 0. The van der Waals surface area contributed by atoms with Crippen LogP contribution in [0.25, 0.3) is 0 Å². The Hall–Kier alpha value is -0.180. The van der Waals surface area contributed by atoms with Crippen molar-refractivity contribution in [2.45, 2.75) is 38.5 Å². The van der Waals surface area contributed by atoms with E-state index >= 15 is 0 Å². The van der Waals surface area contributed by atoms with Gasteiger partial charge in [0.15, 0.2) is 0 Å². The number of thioether (sulfide) groups is 1. The standard InChI is InChI=1S/C10H18O2S/c11-10(12)6-3-7-13-8-9-4-1-2-5-9/h9H,1-8H2,(H,11,12). The molecule has 0 bridgehead atoms. The van der Waals surface area contributed by atoms with Gasteiger partial charge < -0.3 is 5.11 Å². The Morgan fingerprint density at radius 1 is 1.38 bits per heavy atom. The molecule has 0 aromatic carbocycles. The number of carboxylic acid groups (broad SMARTS) is 1. The van der Waals surface area contributed by atoms with E-state index in [-0.39, 0.29) is 0 Å². The third kappa shape index (κ3) is 5.19. The largest absolute Gasteiger partial charge is 0.481 e. The lowest BCUT2D eigenvalue weighted by atomic mass is 10.1. The molecule has 1 N–H and O–H groups in total. The minimum atomic E-state index is -0.665. The maximum absolute atomic E-state index is 10.2. The van der Waals surface area contributed by atoms with Gasteiger partial charge >= 0.3 is 5.97 Å². The first-order chi connectivity index (χ1) is 6.29. The lowest BCUT2D eigenvalue weighted by Gasteiger charge is -2.06. The Labute approximate surface area is 84.1 Å². The Morgan fingerprint density at radius 3 is 2.69 bits per heavy atom. The van der Waals surface area contributed by atoms with E-state index in [1.165, 1.54) is 31.4 Å². The normalized spacial score (nSPS) is 17.8. The molecule has 0 aromatic rings. The van der Waals surface area contributed by atoms with Crippen molar-refractivity contribution >= 4 is 17.7 Å². The molecule has 0 unspecified atom stereocenters. The second-order valence-electron chi connectivity index (χ2n) is 3.72. The maximum Gasteiger partial charge on any atom is 0.303 e. The van der Waals surface area contributed by atoms with Crippen molar-refractivity contribution < 1.29 is 9.90 Å². The zero-order valence-corrected chi connectivity index (χ0v) is 8.81. The average molecular weight is 202 g/mol. The molecule has 0 aliphatic heterocycles. The summed E-state index contributed by atoms with van der Waals surface area (Å²) in [6, 6.07) is 0. The number of carboxylic acids is 1. The summed E-state index contributed by atoms with van der Waals surface area (Å²) in [5, 5.41) is 8.42. The van der Waals surface area contributed by atoms with Gasteiger partial charge in [0.2, 0.25) is 0 Å². The molecule has 76 valence electrons. The molecule has 13 heavy (non-hydrogen) atoms. The number of carbonyl (C=O) groups is 1. The third-order valence-electron chi connectivity index (χ3n) is 2.51. The SMILES string of the molecule is O=C(O)CCCSCC1CCCC1. The predicted octanol–water partition coefficient (Wildman–Crippen LogP) is 2.77. The monoisotopic (exact) mass is 202 g/mol. The molecular formula is C10H18O2S. The van der Waals surface area contributed by atoms with E-state index in [1.54, 1.807) is 0 Å². The molecule has 0 aromatic heterocycles. The van der Waals surface area contributed by atoms with E-state index in [1.807, 2.05) is 11.8 Å². The Kier molecular flexibility index (Phi) is 5.28. The average Bonchev–Trinajstić information content (AvgIpc) is 2.55. The van der Waals surface area contributed by atoms with E-state index < -0.39 is 5.97 Å². The Morgan fingerprint density at radius 2 is 2.08 bits per heavy atom. The first kappa shape index (κ1) is 10.9. The van der Waals surface area contributed by atoms with Crippen LogP contribution in [0, 0.1) is 5.92 Å². The van der Waals surface area contributed by atoms with Crippen molar-refractivity contribution in [1.82, 2.24) is 0 Å². The fourth-order valence-corrected chi connectivity index (χ4v) is 2.93. The minimum Gasteiger partial charge on any atom is -0.481 e. The molecule has 0 saturated heterocycles. The molecule has 0 amide bonds. The molecule has 0 spiro atoms. The zero-order chi connectivity index (χ0) is 9.52. The highest BCUT2D eigenvalue weighted by molar-refractivity contribution is 7.99. The molecule has 0 heterocycles. The van der Waals surface area contributed by atoms with Crippen LogP contribution < -0.4 is 0 Å². The third-order valence-corrected chi connectivity index (χ3v) is 3.79. The van der Waals surface area contributed by atoms with Crippen LogP contribution >= 0.6 is 11.8 Å². The van der Waals surface area contributed by atoms with Crippen molar-refractivity contribution in [2.24, 2.45) is 5.92 Å². The predicted molar refractivity (Wildman–Crippen MR) is 56.2 cm³/mol. The van der Waals surface area contributed by atoms with Gasteiger partial charge in [-0.3, -0.25) is 4.79 Å². The molecule has 0 radical (unpaired) electrons. The van der Waals surface area contributed by atoms with E-state index in [9.17, 15) is 4.79 Å². The zero-order valence-electron chi connectivity index (χ0n) is 8.00. The summed E-state index contributed by atoms with van der Waals surface area (Å²) < 4.78 is 0. The van der Waals surface area contributed by atoms with Gasteiger partial charge in [0, 0.05) is 6.42 Å². The van der Waals surface area contributed by atoms with Crippen molar-refractivity contribution in [3.05, 3.63) is 0 Å². The van der Waals surface area contributed by atoms with Crippen molar-refractivity contribution in [1.29, 1.82) is 0 Å². The molecule has 1 saturated carbocycles. The van der Waals surface area contributed by atoms with Crippen LogP contribution in [0.1, 0.15) is 38.5 Å². The van der Waals surface area contributed by atoms with Crippen molar-refractivity contribution in [2.75, 3.05) is 11.5 Å². The first-order valence-corrected chi connectivity index (χ1v) is 6.24. The summed E-state index contributed by atoms with van der Waals surface area (Å²) in [5.74, 6) is 2.53. The number of hydrogen-bond acceptors (Lipinski definition) is 2. The summed E-state index contributed by atoms with van der Waals surface area (Å²) in [6.45, 7) is 0. The quantitative estimate of drug-likeness (QED) is 0.673. The van der Waals surface area contributed by atoms with Gasteiger partial charge in [0.1, 0.15) is 0 Å². The van der Waals surface area contributed by atoms with E-state index in [0.29, 0.717) is 6.42 Å². The minimum absolute atomic E-state index is 0.331. The van der Waals surface area contributed by atoms with Crippen LogP contribution in [0.5, 0.6) is 0 Å². The van der Waals surface area contributed by atoms with Crippen LogP contribution in [0.2, 0.25) is 0 Å². The fraction of sp³-hybridized carbons (Fsp3) is 0.900. The van der Waals surface area contributed by atoms with Gasteiger partial charge in [-0.05, 0) is 36.7 Å². The first-order valence-electron chi connectivity index (χ1n) is 5.08. The van der Waals surface area contributed by atoms with Gasteiger partial charge in [-0.1, -0.05) is 12.8 Å². The van der Waals surface area contributed by atoms with Crippen molar-refractivity contribution in [3.63, 3.8) is 0 Å². The summed E-state index contributed by atoms with van der Waals surface area (Å²) in [4.78, 5) is 10.2. The van der Waals surface area contributed by atoms with Crippen LogP contribution in [0.15, 0.2) is 0 Å². The molecule has 2 nitrogen and oxygen atoms in total. The van der Waals surface area contributed by atoms with Crippen LogP contribution in [-0.4, -0.2) is 22.6 Å². The van der Waals surface area contributed by atoms with Gasteiger partial charge in [-0.25, -0.2) is 0 Å². The van der Waals surface area contributed by atoms with Gasteiger partial charge in [-0.2, -0.15) is 11.8 Å². The maximum atomic E-state index is 10.2. The highest BCUT2D eigenvalue weighted by Gasteiger charge is 2.14. The number of aliphatic carboxylic acids is 1. The second-order valence-corrected chi connectivity index (χ2v) is 4.87. The topological polar surface area (TPSA) is 37.3 Å². The highest BCUT2D eigenvalue weighted by Crippen LogP contribution is 2.27. The number of rotatable bonds is 6. The summed E-state index contributed by atoms with van der Waals surface area (Å²) in [7, 11) is 0. The van der Waals surface area contributed by atoms with Crippen LogP contribution in [0.3, 0.4) is 0 Å². The van der Waals surface area contributed by atoms with Gasteiger partial charge in [0.05, 0.1) is 0 Å². The molecule has 0 atom stereocenters. The smallest absolute Gasteiger partial charge is 0.303 e. The molecular weight excluding hydrogens is 184 g/mol. The lowest BCUT2D eigenvalue weighted by molar-refractivity contribution is -0.137. The van der Waals surface area contributed by atoms with E-state index in [4.69, 9.17) is 5.11 Å². The molecule has 1 fully saturated rings. The Bertz CT molecular complexity index is 153. The molecule has 3 heteroatoms. The summed E-state index contributed by atoms with van der Waals surface area (Å²) >= 11 is 1.93. The fourth-order valence-electron chi connectivity index (χ4n) is 1.75. The van der Waals surface area contributed by atoms with Gasteiger partial charge in [-0.15, -0.1) is 0 Å². The van der Waals surface area contributed by atoms with Crippen LogP contribution in [0.4, 0.5) is 0 Å². The second kappa shape index (κ2) is 6.30. The van der Waals surface area contributed by atoms with Crippen LogP contribution in [-0.2, 0) is 4.79 Å².